The predicted octanol–water partition coefficient (Wildman–Crippen LogP) is 0.951. The van der Waals surface area contributed by atoms with E-state index in [2.05, 4.69) is 10.3 Å². The van der Waals surface area contributed by atoms with Crippen LogP contribution in [-0.2, 0) is 0 Å². The second kappa shape index (κ2) is 2.62. The van der Waals surface area contributed by atoms with Gasteiger partial charge in [-0.2, -0.15) is 0 Å². The van der Waals surface area contributed by atoms with Crippen LogP contribution in [0, 0.1) is 0 Å². The number of hydrogen-bond donors (Lipinski definition) is 1. The first kappa shape index (κ1) is 6.26. The molecule has 0 fully saturated rings. The number of carbonyl (C=O) groups excluding carboxylic acids is 1. The van der Waals surface area contributed by atoms with Crippen LogP contribution in [-0.4, -0.2) is 18.3 Å². The zero-order chi connectivity index (χ0) is 6.69. The van der Waals surface area contributed by atoms with Crippen molar-refractivity contribution in [2.75, 3.05) is 6.54 Å². The van der Waals surface area contributed by atoms with Crippen molar-refractivity contribution in [2.24, 2.45) is 4.99 Å². The van der Waals surface area contributed by atoms with E-state index < -0.39 is 0 Å². The smallest absolute Gasteiger partial charge is 0.336 e. The van der Waals surface area contributed by atoms with E-state index in [1.165, 1.54) is 0 Å². The van der Waals surface area contributed by atoms with Crippen molar-refractivity contribution in [3.63, 3.8) is 0 Å². The predicted molar refractivity (Wildman–Crippen MR) is 35.7 cm³/mol. The maximum Gasteiger partial charge on any atom is 0.340 e. The topological polar surface area (TPSA) is 41.5 Å². The molecule has 0 spiro atoms. The SMILES string of the molecule is CCC1=NC(=O)NCC1. The summed E-state index contributed by atoms with van der Waals surface area (Å²) in [7, 11) is 0. The molecule has 0 aliphatic carbocycles. The number of hydrogen-bond acceptors (Lipinski definition) is 1. The van der Waals surface area contributed by atoms with E-state index in [-0.39, 0.29) is 6.03 Å². The zero-order valence-electron chi connectivity index (χ0n) is 5.48. The minimum Gasteiger partial charge on any atom is -0.336 e. The molecule has 1 aliphatic heterocycles. The van der Waals surface area contributed by atoms with Crippen molar-refractivity contribution in [3.05, 3.63) is 0 Å². The molecule has 9 heavy (non-hydrogen) atoms. The molecule has 1 N–H and O–H groups in total. The van der Waals surface area contributed by atoms with Gasteiger partial charge in [-0.1, -0.05) is 6.92 Å². The summed E-state index contributed by atoms with van der Waals surface area (Å²) in [6.45, 7) is 2.77. The average molecular weight is 126 g/mol. The largest absolute Gasteiger partial charge is 0.340 e. The molecule has 0 atom stereocenters. The Morgan fingerprint density at radius 3 is 3.00 bits per heavy atom. The van der Waals surface area contributed by atoms with Gasteiger partial charge in [0.25, 0.3) is 0 Å². The van der Waals surface area contributed by atoms with Crippen LogP contribution in [0.15, 0.2) is 4.99 Å². The molecular formula is C6H10N2O. The Bertz CT molecular complexity index is 151. The third-order valence-corrected chi connectivity index (χ3v) is 1.36. The molecule has 50 valence electrons. The lowest BCUT2D eigenvalue weighted by Gasteiger charge is -2.09. The van der Waals surface area contributed by atoms with E-state index in [1.807, 2.05) is 6.92 Å². The summed E-state index contributed by atoms with van der Waals surface area (Å²) in [5.41, 5.74) is 1.01. The van der Waals surface area contributed by atoms with Crippen LogP contribution in [0.25, 0.3) is 0 Å². The number of urea groups is 1. The van der Waals surface area contributed by atoms with Crippen LogP contribution >= 0.6 is 0 Å². The Morgan fingerprint density at radius 2 is 2.56 bits per heavy atom. The molecule has 2 amide bonds. The number of amides is 2. The van der Waals surface area contributed by atoms with Gasteiger partial charge in [0.05, 0.1) is 0 Å². The lowest BCUT2D eigenvalue weighted by atomic mass is 10.2. The molecule has 0 unspecified atom stereocenters. The van der Waals surface area contributed by atoms with Crippen LogP contribution in [0.2, 0.25) is 0 Å². The van der Waals surface area contributed by atoms with Gasteiger partial charge in [0.1, 0.15) is 0 Å². The summed E-state index contributed by atoms with van der Waals surface area (Å²) in [6.07, 6.45) is 1.82. The van der Waals surface area contributed by atoms with E-state index in [1.54, 1.807) is 0 Å². The molecule has 1 aliphatic rings. The molecule has 0 radical (unpaired) electrons. The van der Waals surface area contributed by atoms with Gasteiger partial charge in [-0.3, -0.25) is 0 Å². The highest BCUT2D eigenvalue weighted by atomic mass is 16.2. The van der Waals surface area contributed by atoms with Gasteiger partial charge >= 0.3 is 6.03 Å². The van der Waals surface area contributed by atoms with Gasteiger partial charge in [0.15, 0.2) is 0 Å². The zero-order valence-corrected chi connectivity index (χ0v) is 5.48. The van der Waals surface area contributed by atoms with Gasteiger partial charge in [-0.25, -0.2) is 9.79 Å². The summed E-state index contributed by atoms with van der Waals surface area (Å²) in [5.74, 6) is 0. The highest BCUT2D eigenvalue weighted by Gasteiger charge is 2.06. The van der Waals surface area contributed by atoms with Crippen molar-refractivity contribution < 1.29 is 4.79 Å². The standard InChI is InChI=1S/C6H10N2O/c1-2-5-3-4-7-6(9)8-5/h2-4H2,1H3,(H,7,9). The lowest BCUT2D eigenvalue weighted by Crippen LogP contribution is -2.28. The van der Waals surface area contributed by atoms with Gasteiger partial charge in [-0.05, 0) is 6.42 Å². The second-order valence-electron chi connectivity index (χ2n) is 2.01. The fourth-order valence-corrected chi connectivity index (χ4v) is 0.809. The summed E-state index contributed by atoms with van der Waals surface area (Å²) >= 11 is 0. The molecule has 0 bridgehead atoms. The van der Waals surface area contributed by atoms with Crippen LogP contribution in [0.3, 0.4) is 0 Å². The molecular weight excluding hydrogens is 116 g/mol. The van der Waals surface area contributed by atoms with Crippen molar-refractivity contribution in [1.29, 1.82) is 0 Å². The van der Waals surface area contributed by atoms with E-state index in [9.17, 15) is 4.79 Å². The highest BCUT2D eigenvalue weighted by molar-refractivity contribution is 5.97. The Balaban J connectivity index is 2.59. The Kier molecular flexibility index (Phi) is 1.82. The molecule has 0 saturated carbocycles. The lowest BCUT2D eigenvalue weighted by molar-refractivity contribution is 0.248. The summed E-state index contributed by atoms with van der Waals surface area (Å²) < 4.78 is 0. The number of rotatable bonds is 1. The van der Waals surface area contributed by atoms with Crippen LogP contribution < -0.4 is 5.32 Å². The first-order valence-corrected chi connectivity index (χ1v) is 3.17. The first-order chi connectivity index (χ1) is 4.33. The number of aliphatic imine (C=N–C) groups is 1. The van der Waals surface area contributed by atoms with Gasteiger partial charge in [0.2, 0.25) is 0 Å². The average Bonchev–Trinajstić information content (AvgIpc) is 1.88. The number of nitrogens with zero attached hydrogens (tertiary/aromatic N) is 1. The molecule has 3 heteroatoms. The Hall–Kier alpha value is -0.860. The van der Waals surface area contributed by atoms with E-state index in [4.69, 9.17) is 0 Å². The van der Waals surface area contributed by atoms with Crippen LogP contribution in [0.5, 0.6) is 0 Å². The van der Waals surface area contributed by atoms with E-state index in [0.717, 1.165) is 25.1 Å². The summed E-state index contributed by atoms with van der Waals surface area (Å²) in [6, 6.07) is -0.182. The minimum absolute atomic E-state index is 0.182. The number of carbonyl (C=O) groups is 1. The quantitative estimate of drug-likeness (QED) is 0.558. The maximum atomic E-state index is 10.5. The van der Waals surface area contributed by atoms with Crippen LogP contribution in [0.4, 0.5) is 4.79 Å². The third kappa shape index (κ3) is 1.52. The van der Waals surface area contributed by atoms with E-state index >= 15 is 0 Å². The minimum atomic E-state index is -0.182. The fourth-order valence-electron chi connectivity index (χ4n) is 0.809. The third-order valence-electron chi connectivity index (χ3n) is 1.36. The Morgan fingerprint density at radius 1 is 1.78 bits per heavy atom. The molecule has 3 nitrogen and oxygen atoms in total. The molecule has 1 rings (SSSR count). The fraction of sp³-hybridized carbons (Fsp3) is 0.667. The molecule has 0 aromatic heterocycles. The van der Waals surface area contributed by atoms with Crippen molar-refractivity contribution in [2.45, 2.75) is 19.8 Å². The van der Waals surface area contributed by atoms with Crippen molar-refractivity contribution >= 4 is 11.7 Å². The summed E-state index contributed by atoms with van der Waals surface area (Å²) in [4.78, 5) is 14.3. The summed E-state index contributed by atoms with van der Waals surface area (Å²) in [5, 5.41) is 2.62. The molecule has 1 heterocycles. The van der Waals surface area contributed by atoms with Gasteiger partial charge in [-0.15, -0.1) is 0 Å². The molecule has 0 aromatic carbocycles. The van der Waals surface area contributed by atoms with E-state index in [0.29, 0.717) is 0 Å². The highest BCUT2D eigenvalue weighted by Crippen LogP contribution is 1.97. The maximum absolute atomic E-state index is 10.5. The van der Waals surface area contributed by atoms with Crippen molar-refractivity contribution in [1.82, 2.24) is 5.32 Å². The normalized spacial score (nSPS) is 18.8. The molecule has 0 aromatic rings. The van der Waals surface area contributed by atoms with Gasteiger partial charge < -0.3 is 5.32 Å². The van der Waals surface area contributed by atoms with Crippen LogP contribution in [0.1, 0.15) is 19.8 Å². The first-order valence-electron chi connectivity index (χ1n) is 3.17. The van der Waals surface area contributed by atoms with Crippen molar-refractivity contribution in [3.8, 4) is 0 Å². The molecule has 0 saturated heterocycles. The van der Waals surface area contributed by atoms with Gasteiger partial charge in [0, 0.05) is 18.7 Å². The Labute approximate surface area is 54.2 Å². The monoisotopic (exact) mass is 126 g/mol. The number of nitrogens with one attached hydrogen (secondary N) is 1. The second-order valence-corrected chi connectivity index (χ2v) is 2.01.